The van der Waals surface area contributed by atoms with E-state index < -0.39 is 6.04 Å². The molecule has 0 aliphatic carbocycles. The van der Waals surface area contributed by atoms with E-state index in [-0.39, 0.29) is 30.2 Å². The minimum Gasteiger partial charge on any atom is -0.496 e. The second-order valence-corrected chi connectivity index (χ2v) is 10.5. The first-order chi connectivity index (χ1) is 19.8. The van der Waals surface area contributed by atoms with Crippen LogP contribution in [0.4, 0.5) is 4.39 Å². The largest absolute Gasteiger partial charge is 0.496 e. The van der Waals surface area contributed by atoms with Crippen molar-refractivity contribution in [2.75, 3.05) is 27.2 Å². The molecule has 1 fully saturated rings. The molecule has 2 aromatic heterocycles. The molecule has 0 bridgehead atoms. The second kappa shape index (κ2) is 12.1. The molecule has 214 valence electrons. The lowest BCUT2D eigenvalue weighted by molar-refractivity contribution is -0.137. The molecule has 10 heteroatoms. The summed E-state index contributed by atoms with van der Waals surface area (Å²) >= 11 is 0. The minimum absolute atomic E-state index is 0.0168. The molecule has 1 aliphatic rings. The lowest BCUT2D eigenvalue weighted by atomic mass is 9.95. The first-order valence-corrected chi connectivity index (χ1v) is 13.8. The van der Waals surface area contributed by atoms with Crippen LogP contribution in [0.25, 0.3) is 22.2 Å². The number of piperidine rings is 1. The molecule has 9 nitrogen and oxygen atoms in total. The highest BCUT2D eigenvalue weighted by Gasteiger charge is 2.36. The van der Waals surface area contributed by atoms with Crippen LogP contribution in [0.2, 0.25) is 0 Å². The number of methoxy groups -OCH3 is 1. The number of rotatable bonds is 8. The molecular formula is C31H35FN6O3. The van der Waals surface area contributed by atoms with Gasteiger partial charge in [0.2, 0.25) is 5.91 Å². The van der Waals surface area contributed by atoms with Crippen molar-refractivity contribution in [3.8, 4) is 17.0 Å². The summed E-state index contributed by atoms with van der Waals surface area (Å²) in [6.07, 6.45) is 2.90. The molecule has 3 heterocycles. The van der Waals surface area contributed by atoms with Gasteiger partial charge in [-0.25, -0.2) is 4.39 Å². The Morgan fingerprint density at radius 1 is 1.20 bits per heavy atom. The lowest BCUT2D eigenvalue weighted by Crippen LogP contribution is -2.56. The number of likely N-dealkylation sites (tertiary alicyclic amines) is 1. The number of carbonyl (C=O) groups is 2. The Hall–Kier alpha value is -4.31. The SMILES string of the molecule is CCN(C)C(=O)[C@@H]1CC[C@@H](NC(=O)c2ccc3[nH]nc(-c4ccnc(C)c4)c3c2)CN1Cc1c(F)cccc1OC. The van der Waals surface area contributed by atoms with E-state index in [2.05, 4.69) is 20.5 Å². The first kappa shape index (κ1) is 28.2. The van der Waals surface area contributed by atoms with Gasteiger partial charge < -0.3 is 15.0 Å². The number of aromatic nitrogens is 3. The van der Waals surface area contributed by atoms with E-state index in [9.17, 15) is 14.0 Å². The van der Waals surface area contributed by atoms with E-state index in [1.807, 2.05) is 43.0 Å². The fraction of sp³-hybridized carbons (Fsp3) is 0.355. The summed E-state index contributed by atoms with van der Waals surface area (Å²) in [4.78, 5) is 34.6. The van der Waals surface area contributed by atoms with Gasteiger partial charge in [0.15, 0.2) is 0 Å². The van der Waals surface area contributed by atoms with Crippen LogP contribution >= 0.6 is 0 Å². The number of ether oxygens (including phenoxy) is 1. The van der Waals surface area contributed by atoms with Crippen molar-refractivity contribution in [1.82, 2.24) is 30.3 Å². The number of amides is 2. The molecule has 4 aromatic rings. The molecule has 0 saturated carbocycles. The summed E-state index contributed by atoms with van der Waals surface area (Å²) in [6, 6.07) is 13.4. The van der Waals surface area contributed by atoms with Crippen LogP contribution < -0.4 is 10.1 Å². The quantitative estimate of drug-likeness (QED) is 0.334. The summed E-state index contributed by atoms with van der Waals surface area (Å²) in [5.74, 6) is -0.190. The van der Waals surface area contributed by atoms with Crippen molar-refractivity contribution in [2.45, 2.75) is 45.3 Å². The number of aryl methyl sites for hydroxylation is 1. The average Bonchev–Trinajstić information content (AvgIpc) is 3.41. The summed E-state index contributed by atoms with van der Waals surface area (Å²) in [5.41, 5.74) is 4.28. The summed E-state index contributed by atoms with van der Waals surface area (Å²) in [7, 11) is 3.27. The van der Waals surface area contributed by atoms with Gasteiger partial charge in [0, 0.05) is 66.7 Å². The smallest absolute Gasteiger partial charge is 0.251 e. The number of H-pyrrole nitrogens is 1. The van der Waals surface area contributed by atoms with Gasteiger partial charge >= 0.3 is 0 Å². The number of benzene rings is 2. The van der Waals surface area contributed by atoms with Crippen molar-refractivity contribution in [3.05, 3.63) is 77.4 Å². The van der Waals surface area contributed by atoms with Gasteiger partial charge in [0.1, 0.15) is 17.3 Å². The Labute approximate surface area is 238 Å². The zero-order chi connectivity index (χ0) is 29.1. The summed E-state index contributed by atoms with van der Waals surface area (Å²) in [5, 5.41) is 11.5. The van der Waals surface area contributed by atoms with E-state index in [1.165, 1.54) is 13.2 Å². The number of aromatic amines is 1. The van der Waals surface area contributed by atoms with E-state index in [1.54, 1.807) is 36.3 Å². The number of nitrogens with one attached hydrogen (secondary N) is 2. The third kappa shape index (κ3) is 5.92. The fourth-order valence-electron chi connectivity index (χ4n) is 5.45. The monoisotopic (exact) mass is 558 g/mol. The Morgan fingerprint density at radius 3 is 2.78 bits per heavy atom. The van der Waals surface area contributed by atoms with Crippen LogP contribution in [0.15, 0.2) is 54.7 Å². The van der Waals surface area contributed by atoms with Crippen LogP contribution in [-0.4, -0.2) is 76.1 Å². The van der Waals surface area contributed by atoms with E-state index in [4.69, 9.17) is 4.74 Å². The Kier molecular flexibility index (Phi) is 8.30. The van der Waals surface area contributed by atoms with E-state index >= 15 is 0 Å². The van der Waals surface area contributed by atoms with Gasteiger partial charge in [-0.15, -0.1) is 0 Å². The predicted molar refractivity (Wildman–Crippen MR) is 155 cm³/mol. The molecule has 1 saturated heterocycles. The summed E-state index contributed by atoms with van der Waals surface area (Å²) in [6.45, 7) is 5.00. The van der Waals surface area contributed by atoms with Crippen molar-refractivity contribution in [3.63, 3.8) is 0 Å². The average molecular weight is 559 g/mol. The number of carbonyl (C=O) groups excluding carboxylic acids is 2. The van der Waals surface area contributed by atoms with Crippen molar-refractivity contribution >= 4 is 22.7 Å². The maximum absolute atomic E-state index is 14.9. The van der Waals surface area contributed by atoms with Gasteiger partial charge in [-0.05, 0) is 69.2 Å². The third-order valence-electron chi connectivity index (χ3n) is 7.81. The molecule has 2 amide bonds. The van der Waals surface area contributed by atoms with Gasteiger partial charge in [-0.1, -0.05) is 6.07 Å². The number of halogens is 1. The maximum atomic E-state index is 14.9. The molecule has 0 spiro atoms. The molecule has 2 aromatic carbocycles. The van der Waals surface area contributed by atoms with Crippen molar-refractivity contribution < 1.29 is 18.7 Å². The van der Waals surface area contributed by atoms with Crippen LogP contribution in [-0.2, 0) is 11.3 Å². The molecular weight excluding hydrogens is 523 g/mol. The Balaban J connectivity index is 1.37. The zero-order valence-electron chi connectivity index (χ0n) is 23.8. The van der Waals surface area contributed by atoms with Crippen LogP contribution in [0.3, 0.4) is 0 Å². The highest BCUT2D eigenvalue weighted by atomic mass is 19.1. The topological polar surface area (TPSA) is 103 Å². The minimum atomic E-state index is -0.425. The number of pyridine rings is 1. The fourth-order valence-corrected chi connectivity index (χ4v) is 5.45. The van der Waals surface area contributed by atoms with Gasteiger partial charge in [-0.3, -0.25) is 24.6 Å². The number of likely N-dealkylation sites (N-methyl/N-ethyl adjacent to an activating group) is 1. The van der Waals surface area contributed by atoms with E-state index in [0.717, 1.165) is 27.9 Å². The molecule has 2 atom stereocenters. The van der Waals surface area contributed by atoms with Crippen LogP contribution in [0, 0.1) is 12.7 Å². The standard InChI is InChI=1S/C31H35FN6O3/c1-5-37(3)31(40)27-12-10-22(17-38(27)18-24-25(32)7-6-8-28(24)41-4)34-30(39)21-9-11-26-23(16-21)29(36-35-26)20-13-14-33-19(2)15-20/h6-9,11,13-16,22,27H,5,10,12,17-18H2,1-4H3,(H,34,39)(H,35,36)/t22-,27+/m1/s1. The van der Waals surface area contributed by atoms with Gasteiger partial charge in [-0.2, -0.15) is 5.10 Å². The second-order valence-electron chi connectivity index (χ2n) is 10.5. The van der Waals surface area contributed by atoms with Crippen molar-refractivity contribution in [2.24, 2.45) is 0 Å². The highest BCUT2D eigenvalue weighted by Crippen LogP contribution is 2.29. The van der Waals surface area contributed by atoms with Crippen LogP contribution in [0.1, 0.15) is 41.4 Å². The zero-order valence-corrected chi connectivity index (χ0v) is 23.8. The number of nitrogens with zero attached hydrogens (tertiary/aromatic N) is 4. The predicted octanol–water partition coefficient (Wildman–Crippen LogP) is 4.32. The maximum Gasteiger partial charge on any atom is 0.251 e. The lowest BCUT2D eigenvalue weighted by Gasteiger charge is -2.40. The third-order valence-corrected chi connectivity index (χ3v) is 7.81. The Morgan fingerprint density at radius 2 is 2.02 bits per heavy atom. The number of hydrogen-bond donors (Lipinski definition) is 2. The molecule has 2 N–H and O–H groups in total. The molecule has 0 radical (unpaired) electrons. The molecule has 1 aliphatic heterocycles. The Bertz CT molecular complexity index is 1570. The van der Waals surface area contributed by atoms with E-state index in [0.29, 0.717) is 42.8 Å². The molecule has 41 heavy (non-hydrogen) atoms. The number of fused-ring (bicyclic) bond motifs is 1. The van der Waals surface area contributed by atoms with Gasteiger partial charge in [0.25, 0.3) is 5.91 Å². The van der Waals surface area contributed by atoms with Crippen molar-refractivity contribution in [1.29, 1.82) is 0 Å². The van der Waals surface area contributed by atoms with Crippen LogP contribution in [0.5, 0.6) is 5.75 Å². The van der Waals surface area contributed by atoms with Gasteiger partial charge in [0.05, 0.1) is 18.7 Å². The normalized spacial score (nSPS) is 17.4. The highest BCUT2D eigenvalue weighted by molar-refractivity contribution is 6.01. The molecule has 5 rings (SSSR count). The number of hydrogen-bond acceptors (Lipinski definition) is 6. The first-order valence-electron chi connectivity index (χ1n) is 13.8. The summed E-state index contributed by atoms with van der Waals surface area (Å²) < 4.78 is 20.3. The molecule has 0 unspecified atom stereocenters.